The number of amides is 1. The lowest BCUT2D eigenvalue weighted by atomic mass is 10.0. The number of nitrogens with two attached hydrogens (primary N) is 1. The number of fused-ring (bicyclic) bond motifs is 1. The molecule has 0 aliphatic rings. The lowest BCUT2D eigenvalue weighted by molar-refractivity contribution is -0.121. The highest BCUT2D eigenvalue weighted by molar-refractivity contribution is 5.84. The molecule has 0 unspecified atom stereocenters. The first kappa shape index (κ1) is 11.6. The second-order valence-electron chi connectivity index (χ2n) is 4.11. The maximum atomic E-state index is 11.3. The zero-order valence-corrected chi connectivity index (χ0v) is 9.81. The van der Waals surface area contributed by atoms with Gasteiger partial charge in [0.2, 0.25) is 5.91 Å². The Morgan fingerprint density at radius 3 is 2.65 bits per heavy atom. The molecule has 0 saturated carbocycles. The van der Waals surface area contributed by atoms with Crippen LogP contribution in [-0.2, 0) is 11.2 Å². The quantitative estimate of drug-likeness (QED) is 0.835. The molecule has 2 aromatic carbocycles. The minimum Gasteiger partial charge on any atom is -0.358 e. The first-order valence-electron chi connectivity index (χ1n) is 5.65. The smallest absolute Gasteiger partial charge is 0.237 e. The van der Waals surface area contributed by atoms with Crippen LogP contribution in [0.25, 0.3) is 10.8 Å². The minimum atomic E-state index is -0.485. The summed E-state index contributed by atoms with van der Waals surface area (Å²) < 4.78 is 0. The second kappa shape index (κ2) is 4.97. The van der Waals surface area contributed by atoms with Gasteiger partial charge in [0.05, 0.1) is 6.04 Å². The van der Waals surface area contributed by atoms with Crippen LogP contribution in [0.5, 0.6) is 0 Å². The van der Waals surface area contributed by atoms with Gasteiger partial charge in [-0.05, 0) is 22.8 Å². The molecule has 0 saturated heterocycles. The van der Waals surface area contributed by atoms with Crippen molar-refractivity contribution >= 4 is 16.7 Å². The summed E-state index contributed by atoms with van der Waals surface area (Å²) in [6.45, 7) is 0. The van der Waals surface area contributed by atoms with Gasteiger partial charge >= 0.3 is 0 Å². The van der Waals surface area contributed by atoms with Crippen molar-refractivity contribution in [2.45, 2.75) is 12.5 Å². The molecule has 0 radical (unpaired) electrons. The van der Waals surface area contributed by atoms with Crippen molar-refractivity contribution in [3.05, 3.63) is 48.0 Å². The molecule has 0 aromatic heterocycles. The molecule has 2 aromatic rings. The number of carbonyl (C=O) groups is 1. The van der Waals surface area contributed by atoms with E-state index in [4.69, 9.17) is 5.73 Å². The third-order valence-corrected chi connectivity index (χ3v) is 2.85. The third-order valence-electron chi connectivity index (χ3n) is 2.85. The van der Waals surface area contributed by atoms with Crippen molar-refractivity contribution in [3.8, 4) is 0 Å². The number of benzene rings is 2. The van der Waals surface area contributed by atoms with E-state index in [1.807, 2.05) is 18.2 Å². The van der Waals surface area contributed by atoms with Gasteiger partial charge in [0, 0.05) is 7.05 Å². The monoisotopic (exact) mass is 228 g/mol. The van der Waals surface area contributed by atoms with Crippen molar-refractivity contribution < 1.29 is 4.79 Å². The molecule has 0 bridgehead atoms. The lowest BCUT2D eigenvalue weighted by Gasteiger charge is -2.10. The van der Waals surface area contributed by atoms with Gasteiger partial charge in [-0.25, -0.2) is 0 Å². The molecule has 3 heteroatoms. The van der Waals surface area contributed by atoms with E-state index in [1.165, 1.54) is 10.8 Å². The Labute approximate surface area is 101 Å². The zero-order chi connectivity index (χ0) is 12.3. The molecule has 0 aliphatic carbocycles. The largest absolute Gasteiger partial charge is 0.358 e. The van der Waals surface area contributed by atoms with Crippen LogP contribution in [-0.4, -0.2) is 19.0 Å². The zero-order valence-electron chi connectivity index (χ0n) is 9.81. The van der Waals surface area contributed by atoms with E-state index in [2.05, 4.69) is 29.6 Å². The van der Waals surface area contributed by atoms with E-state index in [1.54, 1.807) is 7.05 Å². The van der Waals surface area contributed by atoms with Crippen LogP contribution in [0.1, 0.15) is 5.56 Å². The number of hydrogen-bond acceptors (Lipinski definition) is 2. The maximum absolute atomic E-state index is 11.3. The first-order chi connectivity index (χ1) is 8.20. The van der Waals surface area contributed by atoms with E-state index >= 15 is 0 Å². The summed E-state index contributed by atoms with van der Waals surface area (Å²) in [6.07, 6.45) is 0.560. The predicted molar refractivity (Wildman–Crippen MR) is 69.7 cm³/mol. The highest BCUT2D eigenvalue weighted by Gasteiger charge is 2.11. The van der Waals surface area contributed by atoms with E-state index in [0.717, 1.165) is 5.56 Å². The number of carbonyl (C=O) groups excluding carboxylic acids is 1. The third kappa shape index (κ3) is 2.63. The Morgan fingerprint density at radius 1 is 1.24 bits per heavy atom. The van der Waals surface area contributed by atoms with Crippen molar-refractivity contribution in [1.29, 1.82) is 0 Å². The van der Waals surface area contributed by atoms with Crippen molar-refractivity contribution in [1.82, 2.24) is 5.32 Å². The second-order valence-corrected chi connectivity index (χ2v) is 4.11. The number of hydrogen-bond donors (Lipinski definition) is 2. The Bertz CT molecular complexity index is 536. The molecule has 0 fully saturated rings. The molecule has 3 nitrogen and oxygen atoms in total. The first-order valence-corrected chi connectivity index (χ1v) is 5.65. The van der Waals surface area contributed by atoms with Crippen molar-refractivity contribution in [2.24, 2.45) is 5.73 Å². The normalized spacial score (nSPS) is 12.4. The fraction of sp³-hybridized carbons (Fsp3) is 0.214. The molecule has 3 N–H and O–H groups in total. The summed E-state index contributed by atoms with van der Waals surface area (Å²) in [7, 11) is 1.60. The average Bonchev–Trinajstić information content (AvgIpc) is 2.37. The summed E-state index contributed by atoms with van der Waals surface area (Å²) in [5.74, 6) is -0.127. The Hall–Kier alpha value is -1.87. The van der Waals surface area contributed by atoms with E-state index in [0.29, 0.717) is 6.42 Å². The van der Waals surface area contributed by atoms with Gasteiger partial charge < -0.3 is 11.1 Å². The van der Waals surface area contributed by atoms with Gasteiger partial charge in [-0.3, -0.25) is 4.79 Å². The van der Waals surface area contributed by atoms with Crippen LogP contribution < -0.4 is 11.1 Å². The molecule has 1 atom stereocenters. The van der Waals surface area contributed by atoms with Crippen LogP contribution in [0.2, 0.25) is 0 Å². The van der Waals surface area contributed by atoms with E-state index in [-0.39, 0.29) is 5.91 Å². The van der Waals surface area contributed by atoms with Crippen LogP contribution in [0.4, 0.5) is 0 Å². The predicted octanol–water partition coefficient (Wildman–Crippen LogP) is 1.46. The Balaban J connectivity index is 2.22. The fourth-order valence-electron chi connectivity index (χ4n) is 1.90. The molecule has 0 spiro atoms. The van der Waals surface area contributed by atoms with Gasteiger partial charge in [0.25, 0.3) is 0 Å². The van der Waals surface area contributed by atoms with Gasteiger partial charge in [-0.1, -0.05) is 42.5 Å². The maximum Gasteiger partial charge on any atom is 0.237 e. The van der Waals surface area contributed by atoms with Gasteiger partial charge in [-0.2, -0.15) is 0 Å². The summed E-state index contributed by atoms with van der Waals surface area (Å²) in [5.41, 5.74) is 6.87. The van der Waals surface area contributed by atoms with Crippen molar-refractivity contribution in [2.75, 3.05) is 7.05 Å². The highest BCUT2D eigenvalue weighted by atomic mass is 16.2. The van der Waals surface area contributed by atoms with E-state index in [9.17, 15) is 4.79 Å². The number of nitrogens with one attached hydrogen (secondary N) is 1. The molecule has 0 heterocycles. The molecular weight excluding hydrogens is 212 g/mol. The van der Waals surface area contributed by atoms with Gasteiger partial charge in [-0.15, -0.1) is 0 Å². The highest BCUT2D eigenvalue weighted by Crippen LogP contribution is 2.16. The van der Waals surface area contributed by atoms with Crippen LogP contribution in [0.15, 0.2) is 42.5 Å². The molecule has 17 heavy (non-hydrogen) atoms. The fourth-order valence-corrected chi connectivity index (χ4v) is 1.90. The molecular formula is C14H16N2O. The Morgan fingerprint density at radius 2 is 1.94 bits per heavy atom. The summed E-state index contributed by atoms with van der Waals surface area (Å²) in [6, 6.07) is 13.8. The average molecular weight is 228 g/mol. The summed E-state index contributed by atoms with van der Waals surface area (Å²) in [5, 5.41) is 4.93. The number of rotatable bonds is 3. The minimum absolute atomic E-state index is 0.127. The van der Waals surface area contributed by atoms with Crippen LogP contribution in [0.3, 0.4) is 0 Å². The van der Waals surface area contributed by atoms with Gasteiger partial charge in [0.15, 0.2) is 0 Å². The molecule has 0 aliphatic heterocycles. The molecule has 1 amide bonds. The topological polar surface area (TPSA) is 55.1 Å². The van der Waals surface area contributed by atoms with E-state index < -0.39 is 6.04 Å². The molecule has 2 rings (SSSR count). The lowest BCUT2D eigenvalue weighted by Crippen LogP contribution is -2.40. The van der Waals surface area contributed by atoms with Gasteiger partial charge in [0.1, 0.15) is 0 Å². The van der Waals surface area contributed by atoms with Crippen molar-refractivity contribution in [3.63, 3.8) is 0 Å². The standard InChI is InChI=1S/C14H16N2O/c1-16-14(17)13(15)9-10-6-7-11-4-2-3-5-12(11)8-10/h2-8,13H,9,15H2,1H3,(H,16,17)/t13-/m0/s1. The van der Waals surface area contributed by atoms with Crippen LogP contribution >= 0.6 is 0 Å². The van der Waals surface area contributed by atoms with Crippen LogP contribution in [0, 0.1) is 0 Å². The summed E-state index contributed by atoms with van der Waals surface area (Å²) in [4.78, 5) is 11.3. The SMILES string of the molecule is CNC(=O)[C@@H](N)Cc1ccc2ccccc2c1. The Kier molecular flexibility index (Phi) is 3.40. The summed E-state index contributed by atoms with van der Waals surface area (Å²) >= 11 is 0. The number of likely N-dealkylation sites (N-methyl/N-ethyl adjacent to an activating group) is 1. The molecule has 88 valence electrons.